The Labute approximate surface area is 126 Å². The van der Waals surface area contributed by atoms with Gasteiger partial charge >= 0.3 is 0 Å². The summed E-state index contributed by atoms with van der Waals surface area (Å²) in [7, 11) is -3.35. The molecule has 3 rings (SSSR count). The fourth-order valence-corrected chi connectivity index (χ4v) is 4.28. The molecule has 2 unspecified atom stereocenters. The second-order valence-corrected chi connectivity index (χ2v) is 7.94. The molecule has 1 aliphatic carbocycles. The minimum Gasteiger partial charge on any atom is -0.368 e. The van der Waals surface area contributed by atoms with Crippen LogP contribution >= 0.6 is 0 Å². The molecule has 6 heteroatoms. The number of anilines is 1. The lowest BCUT2D eigenvalue weighted by molar-refractivity contribution is 0.579. The van der Waals surface area contributed by atoms with Crippen molar-refractivity contribution in [1.29, 1.82) is 0 Å². The summed E-state index contributed by atoms with van der Waals surface area (Å²) >= 11 is 0. The maximum atomic E-state index is 12.1. The van der Waals surface area contributed by atoms with Gasteiger partial charge in [-0.05, 0) is 62.9 Å². The first-order valence-electron chi connectivity index (χ1n) is 7.58. The third-order valence-electron chi connectivity index (χ3n) is 4.37. The third-order valence-corrected chi connectivity index (χ3v) is 5.91. The standard InChI is InChI=1S/C15H23N3O2S/c1-11-8-12(9-16)10-18(11)14-4-6-15(7-5-14)21(19,20)17-13-2-3-13/h4-7,11-13,17H,2-3,8-10,16H2,1H3. The second kappa shape index (κ2) is 5.59. The zero-order valence-corrected chi connectivity index (χ0v) is 13.1. The first-order chi connectivity index (χ1) is 9.99. The van der Waals surface area contributed by atoms with Crippen LogP contribution in [0, 0.1) is 5.92 Å². The zero-order chi connectivity index (χ0) is 15.0. The van der Waals surface area contributed by atoms with Gasteiger partial charge < -0.3 is 10.6 Å². The van der Waals surface area contributed by atoms with Crippen LogP contribution < -0.4 is 15.4 Å². The van der Waals surface area contributed by atoms with E-state index in [-0.39, 0.29) is 6.04 Å². The summed E-state index contributed by atoms with van der Waals surface area (Å²) in [4.78, 5) is 2.66. The van der Waals surface area contributed by atoms with Gasteiger partial charge in [0.15, 0.2) is 0 Å². The number of hydrogen-bond donors (Lipinski definition) is 2. The van der Waals surface area contributed by atoms with Gasteiger partial charge in [0.05, 0.1) is 4.90 Å². The van der Waals surface area contributed by atoms with E-state index in [2.05, 4.69) is 16.5 Å². The molecule has 1 aliphatic heterocycles. The van der Waals surface area contributed by atoms with Crippen molar-refractivity contribution >= 4 is 15.7 Å². The van der Waals surface area contributed by atoms with E-state index in [0.717, 1.165) is 31.5 Å². The number of benzene rings is 1. The van der Waals surface area contributed by atoms with Crippen LogP contribution in [0.15, 0.2) is 29.2 Å². The molecular formula is C15H23N3O2S. The molecule has 1 saturated carbocycles. The van der Waals surface area contributed by atoms with Crippen LogP contribution in [0.1, 0.15) is 26.2 Å². The Balaban J connectivity index is 1.75. The predicted molar refractivity (Wildman–Crippen MR) is 83.8 cm³/mol. The van der Waals surface area contributed by atoms with Crippen molar-refractivity contribution in [2.75, 3.05) is 18.0 Å². The predicted octanol–water partition coefficient (Wildman–Crippen LogP) is 1.30. The number of hydrogen-bond acceptors (Lipinski definition) is 4. The molecule has 0 bridgehead atoms. The molecule has 1 saturated heterocycles. The van der Waals surface area contributed by atoms with E-state index < -0.39 is 10.0 Å². The summed E-state index contributed by atoms with van der Waals surface area (Å²) in [6.07, 6.45) is 2.99. The SMILES string of the molecule is CC1CC(CN)CN1c1ccc(S(=O)(=O)NC2CC2)cc1. The minimum atomic E-state index is -3.35. The van der Waals surface area contributed by atoms with E-state index in [1.807, 2.05) is 12.1 Å². The van der Waals surface area contributed by atoms with Gasteiger partial charge in [-0.2, -0.15) is 0 Å². The Bertz CT molecular complexity index is 596. The molecule has 3 N–H and O–H groups in total. The Morgan fingerprint density at radius 2 is 1.95 bits per heavy atom. The van der Waals surface area contributed by atoms with Crippen molar-refractivity contribution in [1.82, 2.24) is 4.72 Å². The van der Waals surface area contributed by atoms with E-state index in [1.165, 1.54) is 0 Å². The molecule has 21 heavy (non-hydrogen) atoms. The first-order valence-corrected chi connectivity index (χ1v) is 9.07. The van der Waals surface area contributed by atoms with Crippen molar-refractivity contribution in [3.8, 4) is 0 Å². The summed E-state index contributed by atoms with van der Waals surface area (Å²) in [5, 5.41) is 0. The average Bonchev–Trinajstić information content (AvgIpc) is 3.18. The van der Waals surface area contributed by atoms with Gasteiger partial charge in [0.2, 0.25) is 10.0 Å². The lowest BCUT2D eigenvalue weighted by Crippen LogP contribution is -2.28. The van der Waals surface area contributed by atoms with E-state index in [1.54, 1.807) is 12.1 Å². The van der Waals surface area contributed by atoms with Gasteiger partial charge in [-0.15, -0.1) is 0 Å². The lowest BCUT2D eigenvalue weighted by Gasteiger charge is -2.24. The van der Waals surface area contributed by atoms with Crippen molar-refractivity contribution in [3.63, 3.8) is 0 Å². The molecule has 1 heterocycles. The van der Waals surface area contributed by atoms with E-state index in [0.29, 0.717) is 23.4 Å². The maximum absolute atomic E-state index is 12.1. The molecule has 2 fully saturated rings. The molecule has 2 atom stereocenters. The van der Waals surface area contributed by atoms with Crippen molar-refractivity contribution < 1.29 is 8.42 Å². The monoisotopic (exact) mass is 309 g/mol. The fraction of sp³-hybridized carbons (Fsp3) is 0.600. The molecule has 0 spiro atoms. The van der Waals surface area contributed by atoms with Crippen LogP contribution in [-0.4, -0.2) is 33.6 Å². The average molecular weight is 309 g/mol. The normalized spacial score (nSPS) is 26.3. The van der Waals surface area contributed by atoms with E-state index in [4.69, 9.17) is 5.73 Å². The molecular weight excluding hydrogens is 286 g/mol. The largest absolute Gasteiger partial charge is 0.368 e. The fourth-order valence-electron chi connectivity index (χ4n) is 2.98. The summed E-state index contributed by atoms with van der Waals surface area (Å²) in [6, 6.07) is 7.78. The van der Waals surface area contributed by atoms with Gasteiger partial charge in [0.25, 0.3) is 0 Å². The van der Waals surface area contributed by atoms with Crippen LogP contribution in [0.3, 0.4) is 0 Å². The van der Waals surface area contributed by atoms with Gasteiger partial charge in [0.1, 0.15) is 0 Å². The quantitative estimate of drug-likeness (QED) is 0.860. The van der Waals surface area contributed by atoms with Crippen LogP contribution in [0.4, 0.5) is 5.69 Å². The van der Waals surface area contributed by atoms with Gasteiger partial charge in [-0.1, -0.05) is 0 Å². The lowest BCUT2D eigenvalue weighted by atomic mass is 10.1. The number of nitrogens with two attached hydrogens (primary N) is 1. The van der Waals surface area contributed by atoms with Gasteiger partial charge in [-0.3, -0.25) is 0 Å². The summed E-state index contributed by atoms with van der Waals surface area (Å²) in [6.45, 7) is 3.84. The molecule has 0 aromatic heterocycles. The molecule has 1 aromatic rings. The highest BCUT2D eigenvalue weighted by molar-refractivity contribution is 7.89. The highest BCUT2D eigenvalue weighted by atomic mass is 32.2. The second-order valence-electron chi connectivity index (χ2n) is 6.23. The molecule has 1 aromatic carbocycles. The highest BCUT2D eigenvalue weighted by Crippen LogP contribution is 2.29. The Hall–Kier alpha value is -1.11. The van der Waals surface area contributed by atoms with Gasteiger partial charge in [0, 0.05) is 24.3 Å². The minimum absolute atomic E-state index is 0.138. The van der Waals surface area contributed by atoms with Crippen LogP contribution in [0.25, 0.3) is 0 Å². The summed E-state index contributed by atoms with van der Waals surface area (Å²) in [5.41, 5.74) is 6.83. The molecule has 0 amide bonds. The zero-order valence-electron chi connectivity index (χ0n) is 12.3. The number of nitrogens with one attached hydrogen (secondary N) is 1. The van der Waals surface area contributed by atoms with E-state index in [9.17, 15) is 8.42 Å². The molecule has 116 valence electrons. The van der Waals surface area contributed by atoms with Crippen LogP contribution in [-0.2, 0) is 10.0 Å². The maximum Gasteiger partial charge on any atom is 0.240 e. The van der Waals surface area contributed by atoms with E-state index >= 15 is 0 Å². The Kier molecular flexibility index (Phi) is 3.94. The molecule has 2 aliphatic rings. The van der Waals surface area contributed by atoms with Gasteiger partial charge in [-0.25, -0.2) is 13.1 Å². The Morgan fingerprint density at radius 1 is 1.29 bits per heavy atom. The Morgan fingerprint density at radius 3 is 2.48 bits per heavy atom. The van der Waals surface area contributed by atoms with Crippen molar-refractivity contribution in [2.45, 2.75) is 43.2 Å². The van der Waals surface area contributed by atoms with Crippen molar-refractivity contribution in [3.05, 3.63) is 24.3 Å². The molecule has 5 nitrogen and oxygen atoms in total. The highest BCUT2D eigenvalue weighted by Gasteiger charge is 2.30. The number of nitrogens with zero attached hydrogens (tertiary/aromatic N) is 1. The smallest absolute Gasteiger partial charge is 0.240 e. The first kappa shape index (κ1) is 14.8. The van der Waals surface area contributed by atoms with Crippen LogP contribution in [0.2, 0.25) is 0 Å². The summed E-state index contributed by atoms with van der Waals surface area (Å²) < 4.78 is 27.0. The van der Waals surface area contributed by atoms with Crippen molar-refractivity contribution in [2.24, 2.45) is 11.7 Å². The topological polar surface area (TPSA) is 75.4 Å². The number of rotatable bonds is 5. The summed E-state index contributed by atoms with van der Waals surface area (Å²) in [5.74, 6) is 0.528. The number of sulfonamides is 1. The third kappa shape index (κ3) is 3.22. The molecule has 0 radical (unpaired) electrons. The van der Waals surface area contributed by atoms with Crippen LogP contribution in [0.5, 0.6) is 0 Å².